The van der Waals surface area contributed by atoms with Crippen LogP contribution in [0.1, 0.15) is 27.7 Å². The Morgan fingerprint density at radius 2 is 2.00 bits per heavy atom. The monoisotopic (exact) mass is 171 g/mol. The maximum absolute atomic E-state index is 3.51. The topological polar surface area (TPSA) is 12.0 Å². The molecule has 64 valence electrons. The van der Waals surface area contributed by atoms with Crippen molar-refractivity contribution in [1.29, 1.82) is 0 Å². The van der Waals surface area contributed by atoms with Crippen molar-refractivity contribution in [2.75, 3.05) is 0 Å². The summed E-state index contributed by atoms with van der Waals surface area (Å²) >= 11 is 1.91. The number of nitrogens with one attached hydrogen (secondary N) is 1. The summed E-state index contributed by atoms with van der Waals surface area (Å²) in [7, 11) is 0. The van der Waals surface area contributed by atoms with Crippen molar-refractivity contribution in [2.45, 2.75) is 33.1 Å². The fourth-order valence-electron chi connectivity index (χ4n) is 1.01. The summed E-state index contributed by atoms with van der Waals surface area (Å²) in [6.45, 7) is 8.95. The molecule has 0 bridgehead atoms. The fraction of sp³-hybridized carbons (Fsp3) is 0.778. The lowest BCUT2D eigenvalue weighted by atomic mass is 10.1. The lowest BCUT2D eigenvalue weighted by molar-refractivity contribution is 0.534. The van der Waals surface area contributed by atoms with E-state index in [1.807, 2.05) is 11.8 Å². The second-order valence-corrected chi connectivity index (χ2v) is 4.69. The van der Waals surface area contributed by atoms with Crippen LogP contribution < -0.4 is 5.32 Å². The molecular weight excluding hydrogens is 154 g/mol. The minimum Gasteiger partial charge on any atom is -0.375 e. The first kappa shape index (κ1) is 8.98. The molecule has 1 N–H and O–H groups in total. The number of rotatable bonds is 2. The Morgan fingerprint density at radius 1 is 1.36 bits per heavy atom. The van der Waals surface area contributed by atoms with Gasteiger partial charge in [-0.1, -0.05) is 27.7 Å². The third-order valence-electron chi connectivity index (χ3n) is 1.88. The largest absolute Gasteiger partial charge is 0.375 e. The van der Waals surface area contributed by atoms with Crippen LogP contribution in [0.15, 0.2) is 11.1 Å². The first-order chi connectivity index (χ1) is 5.11. The highest BCUT2D eigenvalue weighted by Crippen LogP contribution is 2.28. The quantitative estimate of drug-likeness (QED) is 0.685. The second-order valence-electron chi connectivity index (χ2n) is 3.67. The van der Waals surface area contributed by atoms with Crippen LogP contribution >= 0.6 is 11.8 Å². The summed E-state index contributed by atoms with van der Waals surface area (Å²) in [6, 6.07) is 0. The van der Waals surface area contributed by atoms with Crippen LogP contribution in [0.2, 0.25) is 0 Å². The summed E-state index contributed by atoms with van der Waals surface area (Å²) < 4.78 is 0. The minimum absolute atomic E-state index is 0.604. The smallest absolute Gasteiger partial charge is 0.0784 e. The predicted molar refractivity (Wildman–Crippen MR) is 52.3 cm³/mol. The van der Waals surface area contributed by atoms with Gasteiger partial charge in [0.25, 0.3) is 0 Å². The lowest BCUT2D eigenvalue weighted by Crippen LogP contribution is -2.27. The number of allylic oxidation sites excluding steroid dienone is 1. The first-order valence-electron chi connectivity index (χ1n) is 4.23. The van der Waals surface area contributed by atoms with Crippen LogP contribution in [0.5, 0.6) is 0 Å². The van der Waals surface area contributed by atoms with Gasteiger partial charge < -0.3 is 5.32 Å². The zero-order valence-electron chi connectivity index (χ0n) is 7.72. The van der Waals surface area contributed by atoms with E-state index < -0.39 is 0 Å². The molecule has 11 heavy (non-hydrogen) atoms. The molecule has 0 fully saturated rings. The van der Waals surface area contributed by atoms with Crippen molar-refractivity contribution >= 4 is 11.8 Å². The molecule has 1 unspecified atom stereocenters. The van der Waals surface area contributed by atoms with Gasteiger partial charge in [-0.25, -0.2) is 0 Å². The molecule has 0 saturated heterocycles. The maximum Gasteiger partial charge on any atom is 0.0784 e. The Kier molecular flexibility index (Phi) is 2.88. The average Bonchev–Trinajstić information content (AvgIpc) is 2.33. The molecule has 0 aromatic rings. The average molecular weight is 171 g/mol. The van der Waals surface area contributed by atoms with Crippen LogP contribution in [0.25, 0.3) is 0 Å². The Labute approximate surface area is 73.6 Å². The molecule has 0 aliphatic carbocycles. The number of hydrogen-bond acceptors (Lipinski definition) is 2. The Balaban J connectivity index is 2.43. The van der Waals surface area contributed by atoms with Crippen molar-refractivity contribution < 1.29 is 0 Å². The summed E-state index contributed by atoms with van der Waals surface area (Å²) in [5.41, 5.74) is 1.40. The van der Waals surface area contributed by atoms with Gasteiger partial charge in [0, 0.05) is 5.70 Å². The molecule has 1 aliphatic heterocycles. The summed E-state index contributed by atoms with van der Waals surface area (Å²) in [4.78, 5) is 0. The Hall–Kier alpha value is -0.110. The molecule has 0 aromatic carbocycles. The third kappa shape index (κ3) is 2.16. The van der Waals surface area contributed by atoms with Gasteiger partial charge in [0.05, 0.1) is 5.37 Å². The predicted octanol–water partition coefficient (Wildman–Crippen LogP) is 2.80. The lowest BCUT2D eigenvalue weighted by Gasteiger charge is -2.17. The van der Waals surface area contributed by atoms with E-state index in [0.29, 0.717) is 17.2 Å². The number of thioether (sulfide) groups is 1. The van der Waals surface area contributed by atoms with Gasteiger partial charge in [0.15, 0.2) is 0 Å². The van der Waals surface area contributed by atoms with E-state index in [1.54, 1.807) is 0 Å². The summed E-state index contributed by atoms with van der Waals surface area (Å²) in [6.07, 6.45) is 0. The molecule has 0 spiro atoms. The van der Waals surface area contributed by atoms with Crippen molar-refractivity contribution in [3.05, 3.63) is 11.1 Å². The molecule has 0 amide bonds. The fourth-order valence-corrected chi connectivity index (χ4v) is 2.16. The third-order valence-corrected chi connectivity index (χ3v) is 3.22. The van der Waals surface area contributed by atoms with Crippen LogP contribution in [-0.2, 0) is 0 Å². The van der Waals surface area contributed by atoms with Gasteiger partial charge >= 0.3 is 0 Å². The van der Waals surface area contributed by atoms with E-state index in [1.165, 1.54) is 5.70 Å². The molecule has 0 aromatic heterocycles. The Bertz CT molecular complexity index is 161. The molecule has 1 nitrogen and oxygen atoms in total. The van der Waals surface area contributed by atoms with E-state index >= 15 is 0 Å². The normalized spacial score (nSPS) is 24.2. The molecule has 1 atom stereocenters. The standard InChI is InChI=1S/C9H17NS/c1-6(2)8-5-11-9(10-8)7(3)4/h5-7,9-10H,1-4H3. The summed E-state index contributed by atoms with van der Waals surface area (Å²) in [5, 5.41) is 6.38. The zero-order chi connectivity index (χ0) is 8.43. The SMILES string of the molecule is CC(C)C1=CSC(C(C)C)N1. The van der Waals surface area contributed by atoms with Gasteiger partial charge in [-0.05, 0) is 17.2 Å². The highest BCUT2D eigenvalue weighted by atomic mass is 32.2. The zero-order valence-corrected chi connectivity index (χ0v) is 8.53. The molecule has 1 aliphatic rings. The van der Waals surface area contributed by atoms with Crippen LogP contribution in [-0.4, -0.2) is 5.37 Å². The molecule has 0 radical (unpaired) electrons. The first-order valence-corrected chi connectivity index (χ1v) is 5.17. The van der Waals surface area contributed by atoms with Crippen LogP contribution in [0.4, 0.5) is 0 Å². The number of hydrogen-bond donors (Lipinski definition) is 1. The molecule has 1 rings (SSSR count). The summed E-state index contributed by atoms with van der Waals surface area (Å²) in [5.74, 6) is 1.36. The van der Waals surface area contributed by atoms with E-state index in [4.69, 9.17) is 0 Å². The van der Waals surface area contributed by atoms with E-state index in [2.05, 4.69) is 38.4 Å². The highest BCUT2D eigenvalue weighted by Gasteiger charge is 2.20. The van der Waals surface area contributed by atoms with Crippen LogP contribution in [0, 0.1) is 11.8 Å². The van der Waals surface area contributed by atoms with Gasteiger partial charge in [-0.2, -0.15) is 0 Å². The van der Waals surface area contributed by atoms with Crippen molar-refractivity contribution in [2.24, 2.45) is 11.8 Å². The van der Waals surface area contributed by atoms with Crippen molar-refractivity contribution in [1.82, 2.24) is 5.32 Å². The molecule has 0 saturated carbocycles. The maximum atomic E-state index is 3.51. The highest BCUT2D eigenvalue weighted by molar-refractivity contribution is 8.02. The molecule has 1 heterocycles. The van der Waals surface area contributed by atoms with E-state index in [0.717, 1.165) is 0 Å². The molecule has 2 heteroatoms. The van der Waals surface area contributed by atoms with Crippen molar-refractivity contribution in [3.8, 4) is 0 Å². The van der Waals surface area contributed by atoms with E-state index in [-0.39, 0.29) is 0 Å². The van der Waals surface area contributed by atoms with Gasteiger partial charge in [-0.3, -0.25) is 0 Å². The van der Waals surface area contributed by atoms with E-state index in [9.17, 15) is 0 Å². The Morgan fingerprint density at radius 3 is 2.27 bits per heavy atom. The van der Waals surface area contributed by atoms with Gasteiger partial charge in [0.2, 0.25) is 0 Å². The van der Waals surface area contributed by atoms with Crippen LogP contribution in [0.3, 0.4) is 0 Å². The van der Waals surface area contributed by atoms with Crippen molar-refractivity contribution in [3.63, 3.8) is 0 Å². The van der Waals surface area contributed by atoms with Gasteiger partial charge in [-0.15, -0.1) is 11.8 Å². The minimum atomic E-state index is 0.604. The molecular formula is C9H17NS. The van der Waals surface area contributed by atoms with Gasteiger partial charge in [0.1, 0.15) is 0 Å². The second kappa shape index (κ2) is 3.53.